The monoisotopic (exact) mass is 365 g/mol. The lowest BCUT2D eigenvalue weighted by Crippen LogP contribution is -2.35. The highest BCUT2D eigenvalue weighted by Crippen LogP contribution is 2.14. The molecule has 0 saturated carbocycles. The Morgan fingerprint density at radius 3 is 2.16 bits per heavy atom. The van der Waals surface area contributed by atoms with Crippen molar-refractivity contribution in [2.45, 2.75) is 64.5 Å². The average Bonchev–Trinajstić information content (AvgIpc) is 2.44. The summed E-state index contributed by atoms with van der Waals surface area (Å²) in [6.45, 7) is 12.6. The van der Waals surface area contributed by atoms with Gasteiger partial charge in [-0.25, -0.2) is 4.79 Å². The molecule has 0 aliphatic carbocycles. The Morgan fingerprint density at radius 2 is 1.68 bits per heavy atom. The molecule has 0 aliphatic rings. The summed E-state index contributed by atoms with van der Waals surface area (Å²) in [5.41, 5.74) is 6.75. The molecule has 0 aliphatic heterocycles. The van der Waals surface area contributed by atoms with Crippen LogP contribution in [-0.4, -0.2) is 38.3 Å². The van der Waals surface area contributed by atoms with Crippen molar-refractivity contribution in [3.8, 4) is 0 Å². The number of esters is 2. The van der Waals surface area contributed by atoms with Crippen molar-refractivity contribution in [2.75, 3.05) is 6.61 Å². The van der Waals surface area contributed by atoms with Crippen molar-refractivity contribution in [1.82, 2.24) is 0 Å². The number of carbonyl (C=O) groups excluding carboxylic acids is 2. The summed E-state index contributed by atoms with van der Waals surface area (Å²) < 4.78 is 10.6. The minimum Gasteiger partial charge on any atom is -0.465 e. The van der Waals surface area contributed by atoms with Gasteiger partial charge in [0, 0.05) is 8.07 Å². The van der Waals surface area contributed by atoms with Gasteiger partial charge in [0.1, 0.15) is 11.6 Å². The van der Waals surface area contributed by atoms with E-state index in [2.05, 4.69) is 19.6 Å². The lowest BCUT2D eigenvalue weighted by Gasteiger charge is -2.19. The molecule has 0 unspecified atom stereocenters. The van der Waals surface area contributed by atoms with Crippen LogP contribution in [0.4, 0.5) is 0 Å². The molecule has 1 aromatic carbocycles. The Morgan fingerprint density at radius 1 is 1.12 bits per heavy atom. The van der Waals surface area contributed by atoms with Crippen LogP contribution in [0.3, 0.4) is 0 Å². The second-order valence-corrected chi connectivity index (χ2v) is 14.1. The lowest BCUT2D eigenvalue weighted by molar-refractivity contribution is -0.144. The minimum atomic E-state index is -1.23. The molecule has 5 nitrogen and oxygen atoms in total. The van der Waals surface area contributed by atoms with Gasteiger partial charge in [-0.15, -0.1) is 0 Å². The summed E-state index contributed by atoms with van der Waals surface area (Å²) in [5, 5.41) is 0. The fourth-order valence-corrected chi connectivity index (χ4v) is 2.73. The van der Waals surface area contributed by atoms with Crippen LogP contribution < -0.4 is 5.73 Å². The van der Waals surface area contributed by atoms with Gasteiger partial charge in [0.15, 0.2) is 0 Å². The number of ether oxygens (including phenoxy) is 2. The zero-order valence-electron chi connectivity index (χ0n) is 16.2. The number of benzene rings is 1. The molecule has 6 heteroatoms. The summed E-state index contributed by atoms with van der Waals surface area (Å²) in [5.74, 6) is -0.747. The van der Waals surface area contributed by atoms with Gasteiger partial charge < -0.3 is 15.2 Å². The largest absolute Gasteiger partial charge is 0.465 e. The van der Waals surface area contributed by atoms with Crippen LogP contribution in [0.2, 0.25) is 25.7 Å². The zero-order chi connectivity index (χ0) is 19.3. The molecule has 0 bridgehead atoms. The van der Waals surface area contributed by atoms with E-state index in [1.165, 1.54) is 0 Å². The van der Waals surface area contributed by atoms with Crippen molar-refractivity contribution >= 4 is 20.0 Å². The molecule has 1 rings (SSSR count). The first-order valence-corrected chi connectivity index (χ1v) is 12.3. The van der Waals surface area contributed by atoms with E-state index in [1.807, 2.05) is 20.8 Å². The molecule has 1 aromatic rings. The maximum atomic E-state index is 12.0. The van der Waals surface area contributed by atoms with Crippen LogP contribution in [0.5, 0.6) is 0 Å². The molecular weight excluding hydrogens is 334 g/mol. The minimum absolute atomic E-state index is 0.367. The SMILES string of the molecule is CC(C)(C)OC(=O)c1ccc(C[C@H](N)C(=O)OCC[Si](C)(C)C)cc1. The van der Waals surface area contributed by atoms with E-state index in [4.69, 9.17) is 15.2 Å². The number of hydrogen-bond donors (Lipinski definition) is 1. The van der Waals surface area contributed by atoms with Gasteiger partial charge in [0.25, 0.3) is 0 Å². The van der Waals surface area contributed by atoms with Crippen molar-refractivity contribution in [1.29, 1.82) is 0 Å². The Hall–Kier alpha value is -1.66. The summed E-state index contributed by atoms with van der Waals surface area (Å²) in [6.07, 6.45) is 0.375. The van der Waals surface area contributed by atoms with E-state index in [0.717, 1.165) is 11.6 Å². The van der Waals surface area contributed by atoms with Crippen LogP contribution in [0, 0.1) is 0 Å². The molecule has 1 atom stereocenters. The third-order valence-electron chi connectivity index (χ3n) is 3.44. The van der Waals surface area contributed by atoms with E-state index in [0.29, 0.717) is 18.6 Å². The van der Waals surface area contributed by atoms with Crippen molar-refractivity contribution < 1.29 is 19.1 Å². The summed E-state index contributed by atoms with van der Waals surface area (Å²) in [7, 11) is -1.23. The first-order valence-electron chi connectivity index (χ1n) is 8.62. The standard InChI is InChI=1S/C19H31NO4Si/c1-19(2,3)24-17(21)15-9-7-14(8-10-15)13-16(20)18(22)23-11-12-25(4,5)6/h7-10,16H,11-13,20H2,1-6H3/t16-/m0/s1. The van der Waals surface area contributed by atoms with E-state index in [-0.39, 0.29) is 11.9 Å². The van der Waals surface area contributed by atoms with Gasteiger partial charge in [-0.05, 0) is 50.9 Å². The number of nitrogens with two attached hydrogens (primary N) is 1. The Kier molecular flexibility index (Phi) is 7.38. The maximum absolute atomic E-state index is 12.0. The van der Waals surface area contributed by atoms with Gasteiger partial charge in [-0.1, -0.05) is 31.8 Å². The van der Waals surface area contributed by atoms with E-state index in [9.17, 15) is 9.59 Å². The smallest absolute Gasteiger partial charge is 0.338 e. The molecule has 0 amide bonds. The van der Waals surface area contributed by atoms with Crippen molar-refractivity contribution in [3.05, 3.63) is 35.4 Å². The highest BCUT2D eigenvalue weighted by molar-refractivity contribution is 6.76. The molecular formula is C19H31NO4Si. The third-order valence-corrected chi connectivity index (χ3v) is 5.15. The highest BCUT2D eigenvalue weighted by Gasteiger charge is 2.20. The van der Waals surface area contributed by atoms with Crippen LogP contribution >= 0.6 is 0 Å². The molecule has 0 saturated heterocycles. The van der Waals surface area contributed by atoms with Crippen LogP contribution in [0.1, 0.15) is 36.7 Å². The molecule has 140 valence electrons. The normalized spacial score (nSPS) is 13.2. The van der Waals surface area contributed by atoms with E-state index < -0.39 is 19.7 Å². The Labute approximate surface area is 151 Å². The second kappa shape index (κ2) is 8.63. The van der Waals surface area contributed by atoms with Crippen molar-refractivity contribution in [2.24, 2.45) is 5.73 Å². The summed E-state index contributed by atoms with van der Waals surface area (Å²) >= 11 is 0. The van der Waals surface area contributed by atoms with E-state index in [1.54, 1.807) is 24.3 Å². The summed E-state index contributed by atoms with van der Waals surface area (Å²) in [6, 6.07) is 7.17. The molecule has 0 fully saturated rings. The quantitative estimate of drug-likeness (QED) is 0.592. The lowest BCUT2D eigenvalue weighted by atomic mass is 10.0. The molecule has 25 heavy (non-hydrogen) atoms. The van der Waals surface area contributed by atoms with Gasteiger partial charge >= 0.3 is 11.9 Å². The fraction of sp³-hybridized carbons (Fsp3) is 0.579. The first kappa shape index (κ1) is 21.4. The third kappa shape index (κ3) is 8.83. The molecule has 0 aromatic heterocycles. The van der Waals surface area contributed by atoms with Gasteiger partial charge in [0.2, 0.25) is 0 Å². The predicted octanol–water partition coefficient (Wildman–Crippen LogP) is 3.39. The molecule has 0 spiro atoms. The zero-order valence-corrected chi connectivity index (χ0v) is 17.2. The molecule has 0 radical (unpaired) electrons. The van der Waals surface area contributed by atoms with Crippen LogP contribution in [0.25, 0.3) is 0 Å². The van der Waals surface area contributed by atoms with Gasteiger partial charge in [0.05, 0.1) is 12.2 Å². The number of rotatable bonds is 7. The maximum Gasteiger partial charge on any atom is 0.338 e. The van der Waals surface area contributed by atoms with Crippen LogP contribution in [0.15, 0.2) is 24.3 Å². The first-order chi connectivity index (χ1) is 11.4. The molecule has 0 heterocycles. The number of carbonyl (C=O) groups is 2. The van der Waals surface area contributed by atoms with Gasteiger partial charge in [-0.3, -0.25) is 4.79 Å². The predicted molar refractivity (Wildman–Crippen MR) is 102 cm³/mol. The van der Waals surface area contributed by atoms with Crippen molar-refractivity contribution in [3.63, 3.8) is 0 Å². The average molecular weight is 366 g/mol. The highest BCUT2D eigenvalue weighted by atomic mass is 28.3. The topological polar surface area (TPSA) is 78.6 Å². The second-order valence-electron chi connectivity index (χ2n) is 8.49. The van der Waals surface area contributed by atoms with Gasteiger partial charge in [-0.2, -0.15) is 0 Å². The van der Waals surface area contributed by atoms with Crippen LogP contribution in [-0.2, 0) is 20.7 Å². The summed E-state index contributed by atoms with van der Waals surface area (Å²) in [4.78, 5) is 23.9. The Balaban J connectivity index is 2.54. The fourth-order valence-electron chi connectivity index (χ4n) is 2.02. The van der Waals surface area contributed by atoms with E-state index >= 15 is 0 Å². The number of hydrogen-bond acceptors (Lipinski definition) is 5. The molecule has 2 N–H and O–H groups in total. The Bertz CT molecular complexity index is 585.